The first-order valence-corrected chi connectivity index (χ1v) is 14.1. The first-order valence-electron chi connectivity index (χ1n) is 13.7. The van der Waals surface area contributed by atoms with Crippen LogP contribution >= 0.6 is 12.2 Å². The van der Waals surface area contributed by atoms with Gasteiger partial charge in [-0.25, -0.2) is 9.18 Å². The molecule has 0 amide bonds. The fourth-order valence-electron chi connectivity index (χ4n) is 5.61. The molecule has 214 valence electrons. The Morgan fingerprint density at radius 1 is 1.18 bits per heavy atom. The average Bonchev–Trinajstić information content (AvgIpc) is 2.92. The lowest BCUT2D eigenvalue weighted by Gasteiger charge is -2.32. The maximum Gasteiger partial charge on any atom is 0.336 e. The Balaban J connectivity index is 1.67. The number of nitrogens with one attached hydrogen (secondary N) is 2. The second-order valence-electron chi connectivity index (χ2n) is 10.3. The smallest absolute Gasteiger partial charge is 0.336 e. The van der Waals surface area contributed by atoms with E-state index in [1.54, 1.807) is 26.0 Å². The van der Waals surface area contributed by atoms with Crippen molar-refractivity contribution in [2.24, 2.45) is 16.8 Å². The molecule has 2 aliphatic rings. The normalized spacial score (nSPS) is 20.3. The lowest BCUT2D eigenvalue weighted by Crippen LogP contribution is -2.37. The minimum atomic E-state index is -0.858. The van der Waals surface area contributed by atoms with Gasteiger partial charge in [-0.05, 0) is 88.6 Å². The van der Waals surface area contributed by atoms with Gasteiger partial charge in [0.05, 0.1) is 25.5 Å². The number of benzene rings is 1. The maximum atomic E-state index is 14.8. The van der Waals surface area contributed by atoms with Crippen molar-refractivity contribution in [2.75, 3.05) is 45.7 Å². The molecule has 1 fully saturated rings. The first-order chi connectivity index (χ1) is 18.7. The van der Waals surface area contributed by atoms with Crippen LogP contribution < -0.4 is 10.6 Å². The highest BCUT2D eigenvalue weighted by Crippen LogP contribution is 2.41. The van der Waals surface area contributed by atoms with Crippen molar-refractivity contribution in [3.05, 3.63) is 40.8 Å². The average molecular weight is 561 g/mol. The van der Waals surface area contributed by atoms with E-state index < -0.39 is 29.6 Å². The second kappa shape index (κ2) is 14.5. The molecule has 0 aliphatic carbocycles. The van der Waals surface area contributed by atoms with Gasteiger partial charge in [-0.2, -0.15) is 0 Å². The van der Waals surface area contributed by atoms with Crippen molar-refractivity contribution >= 4 is 40.7 Å². The molecule has 0 saturated carbocycles. The number of esters is 2. The highest BCUT2D eigenvalue weighted by atomic mass is 32.1. The van der Waals surface area contributed by atoms with Gasteiger partial charge in [0, 0.05) is 23.9 Å². The Hall–Kier alpha value is -2.85. The number of nitrogens with zero attached hydrogens (tertiary/aromatic N) is 2. The second-order valence-corrected chi connectivity index (χ2v) is 10.7. The summed E-state index contributed by atoms with van der Waals surface area (Å²) in [5.41, 5.74) is 1.86. The summed E-state index contributed by atoms with van der Waals surface area (Å²) in [5.74, 6) is -2.40. The van der Waals surface area contributed by atoms with Crippen LogP contribution in [0, 0.1) is 17.7 Å². The molecule has 1 aromatic carbocycles. The predicted molar refractivity (Wildman–Crippen MR) is 155 cm³/mol. The number of hydrogen-bond acceptors (Lipinski definition) is 7. The number of methoxy groups -OCH3 is 2. The monoisotopic (exact) mass is 560 g/mol. The number of likely N-dealkylation sites (tertiary alicyclic amines) is 1. The Kier molecular flexibility index (Phi) is 11.4. The van der Waals surface area contributed by atoms with Crippen molar-refractivity contribution in [1.29, 1.82) is 0 Å². The molecule has 10 heteroatoms. The van der Waals surface area contributed by atoms with Crippen molar-refractivity contribution in [2.45, 2.75) is 58.8 Å². The zero-order valence-electron chi connectivity index (χ0n) is 23.6. The summed E-state index contributed by atoms with van der Waals surface area (Å²) in [6, 6.07) is 4.41. The van der Waals surface area contributed by atoms with E-state index in [2.05, 4.69) is 27.4 Å². The molecule has 2 aliphatic heterocycles. The van der Waals surface area contributed by atoms with Gasteiger partial charge in [0.1, 0.15) is 11.7 Å². The number of thiocarbonyl (C=S) groups is 1. The summed E-state index contributed by atoms with van der Waals surface area (Å²) >= 11 is 5.44. The molecule has 0 radical (unpaired) electrons. The quantitative estimate of drug-likeness (QED) is 0.239. The zero-order valence-corrected chi connectivity index (χ0v) is 24.5. The summed E-state index contributed by atoms with van der Waals surface area (Å²) in [7, 11) is 2.56. The van der Waals surface area contributed by atoms with Gasteiger partial charge in [-0.15, -0.1) is 0 Å². The molecule has 3 rings (SSSR count). The number of allylic oxidation sites excluding steroid dienone is 1. The van der Waals surface area contributed by atoms with Crippen LogP contribution in [0.1, 0.15) is 64.4 Å². The standard InChI is InChI=1S/C29H41FN4O4S/c1-6-8-20-11-15-34(16-12-20)14-7-13-31-29(39)33-23-17-21(9-10-22(23)30)26-24(27(35)37-4)18(2)32-19(3)25(26)28(36)38-5/h9-10,17,20,24,26H,6-8,11-16H2,1-5H3,(H2,31,33,39). The molecular weight excluding hydrogens is 519 g/mol. The van der Waals surface area contributed by atoms with E-state index in [4.69, 9.17) is 21.7 Å². The number of rotatable bonds is 10. The van der Waals surface area contributed by atoms with E-state index in [1.165, 1.54) is 46.0 Å². The number of anilines is 1. The number of carbonyl (C=O) groups is 2. The summed E-state index contributed by atoms with van der Waals surface area (Å²) in [4.78, 5) is 32.4. The van der Waals surface area contributed by atoms with E-state index in [9.17, 15) is 14.0 Å². The van der Waals surface area contributed by atoms with Gasteiger partial charge in [0.15, 0.2) is 5.11 Å². The first kappa shape index (κ1) is 30.7. The van der Waals surface area contributed by atoms with Gasteiger partial charge >= 0.3 is 11.9 Å². The van der Waals surface area contributed by atoms with E-state index >= 15 is 0 Å². The third kappa shape index (κ3) is 7.85. The van der Waals surface area contributed by atoms with Gasteiger partial charge in [-0.1, -0.05) is 25.8 Å². The van der Waals surface area contributed by atoms with Crippen LogP contribution in [0.25, 0.3) is 0 Å². The van der Waals surface area contributed by atoms with Crippen LogP contribution in [0.15, 0.2) is 34.5 Å². The Bertz CT molecular complexity index is 1110. The van der Waals surface area contributed by atoms with Gasteiger partial charge in [0.25, 0.3) is 0 Å². The summed E-state index contributed by atoms with van der Waals surface area (Å²) in [6.07, 6.45) is 6.05. The minimum Gasteiger partial charge on any atom is -0.468 e. The number of piperidine rings is 1. The summed E-state index contributed by atoms with van der Waals surface area (Å²) in [6.45, 7) is 9.60. The zero-order chi connectivity index (χ0) is 28.5. The van der Waals surface area contributed by atoms with Crippen molar-refractivity contribution in [3.8, 4) is 0 Å². The SMILES string of the molecule is CCCC1CCN(CCCNC(=S)Nc2cc(C3C(C(=O)OC)=C(C)N=C(C)C3C(=O)OC)ccc2F)CC1. The number of aliphatic imine (C=N–C) groups is 1. The molecule has 0 aromatic heterocycles. The van der Waals surface area contributed by atoms with Crippen LogP contribution in [-0.4, -0.2) is 68.1 Å². The predicted octanol–water partition coefficient (Wildman–Crippen LogP) is 4.81. The largest absolute Gasteiger partial charge is 0.468 e. The lowest BCUT2D eigenvalue weighted by atomic mass is 9.75. The number of ether oxygens (including phenoxy) is 2. The van der Waals surface area contributed by atoms with Crippen LogP contribution in [0.3, 0.4) is 0 Å². The molecule has 39 heavy (non-hydrogen) atoms. The number of hydrogen-bond donors (Lipinski definition) is 2. The summed E-state index contributed by atoms with van der Waals surface area (Å²) in [5, 5.41) is 6.41. The third-order valence-electron chi connectivity index (χ3n) is 7.63. The fraction of sp³-hybridized carbons (Fsp3) is 0.586. The summed E-state index contributed by atoms with van der Waals surface area (Å²) < 4.78 is 24.9. The topological polar surface area (TPSA) is 92.3 Å². The van der Waals surface area contributed by atoms with E-state index in [1.807, 2.05) is 0 Å². The molecule has 1 aromatic rings. The van der Waals surface area contributed by atoms with E-state index in [0.717, 1.165) is 32.0 Å². The van der Waals surface area contributed by atoms with Gasteiger partial charge in [-0.3, -0.25) is 9.79 Å². The molecule has 2 N–H and O–H groups in total. The highest BCUT2D eigenvalue weighted by molar-refractivity contribution is 7.80. The van der Waals surface area contributed by atoms with Gasteiger partial charge in [0.2, 0.25) is 0 Å². The molecule has 2 atom stereocenters. The number of halogens is 1. The maximum absolute atomic E-state index is 14.8. The van der Waals surface area contributed by atoms with Gasteiger partial charge < -0.3 is 25.0 Å². The van der Waals surface area contributed by atoms with Crippen molar-refractivity contribution in [3.63, 3.8) is 0 Å². The molecule has 0 spiro atoms. The molecule has 1 saturated heterocycles. The Morgan fingerprint density at radius 3 is 2.54 bits per heavy atom. The lowest BCUT2D eigenvalue weighted by molar-refractivity contribution is -0.143. The van der Waals surface area contributed by atoms with Crippen LogP contribution in [0.5, 0.6) is 0 Å². The molecule has 2 unspecified atom stereocenters. The van der Waals surface area contributed by atoms with Crippen LogP contribution in [0.4, 0.5) is 10.1 Å². The Morgan fingerprint density at radius 2 is 1.90 bits per heavy atom. The fourth-order valence-corrected chi connectivity index (χ4v) is 5.83. The molecule has 8 nitrogen and oxygen atoms in total. The molecular formula is C29H41FN4O4S. The van der Waals surface area contributed by atoms with Crippen LogP contribution in [-0.2, 0) is 19.1 Å². The van der Waals surface area contributed by atoms with E-state index in [-0.39, 0.29) is 11.3 Å². The Labute approximate surface area is 236 Å². The number of carbonyl (C=O) groups excluding carboxylic acids is 2. The van der Waals surface area contributed by atoms with Crippen LogP contribution in [0.2, 0.25) is 0 Å². The molecule has 0 bridgehead atoms. The third-order valence-corrected chi connectivity index (χ3v) is 7.87. The highest BCUT2D eigenvalue weighted by Gasteiger charge is 2.42. The molecule has 2 heterocycles. The minimum absolute atomic E-state index is 0.147. The van der Waals surface area contributed by atoms with E-state index in [0.29, 0.717) is 28.6 Å². The van der Waals surface area contributed by atoms with Crippen molar-refractivity contribution < 1.29 is 23.5 Å². The van der Waals surface area contributed by atoms with Crippen molar-refractivity contribution in [1.82, 2.24) is 10.2 Å².